The Labute approximate surface area is 854 Å². The molecule has 0 radical (unpaired) electrons. The molecule has 0 saturated carbocycles. The number of methoxy groups -OCH3 is 1. The van der Waals surface area contributed by atoms with Gasteiger partial charge in [-0.25, -0.2) is 81.5 Å². The minimum absolute atomic E-state index is 0. The Bertz CT molecular complexity index is 5710. The van der Waals surface area contributed by atoms with Gasteiger partial charge in [0.05, 0.1) is 78.2 Å². The third kappa shape index (κ3) is 38.3. The van der Waals surface area contributed by atoms with E-state index in [0.29, 0.717) is 0 Å². The fourth-order valence-electron chi connectivity index (χ4n) is 5.19. The molecule has 0 aliphatic carbocycles. The molecule has 9 N–H and O–H groups in total. The molecule has 5 heterocycles. The summed E-state index contributed by atoms with van der Waals surface area (Å²) < 4.78 is 729. The second-order valence-corrected chi connectivity index (χ2v) is 22.0. The molecular formula is C31H43N3Na10O49S8. The molecule has 0 spiro atoms. The van der Waals surface area contributed by atoms with E-state index in [4.69, 9.17) is 45.7 Å². The number of carbonyl (C=O) groups is 2. The van der Waals surface area contributed by atoms with Crippen molar-refractivity contribution in [2.24, 2.45) is 0 Å². The van der Waals surface area contributed by atoms with Crippen LogP contribution >= 0.6 is 0 Å². The van der Waals surface area contributed by atoms with Crippen LogP contribution in [0.1, 0.15) is 46.6 Å². The maximum absolute atomic E-state index is 14.0. The van der Waals surface area contributed by atoms with Crippen molar-refractivity contribution < 1.29 is 569 Å². The minimum atomic E-state index is -8.62. The van der Waals surface area contributed by atoms with Crippen molar-refractivity contribution in [3.05, 3.63) is 0 Å². The Morgan fingerprint density at radius 3 is 1.13 bits per heavy atom. The summed E-state index contributed by atoms with van der Waals surface area (Å²) in [5.74, 6) is -9.28. The van der Waals surface area contributed by atoms with Crippen LogP contribution < -0.4 is 320 Å². The zero-order valence-electron chi connectivity index (χ0n) is 93.1. The molecule has 52 nitrogen and oxygen atoms in total. The SMILES string of the molecule is [2H]O[C@@]1([2H])[C@]([2H])(O[C@@]2([2H])O[C@]([2H])(C([2H])([2H])OS(=O)(=O)[O-])[C@@]([2H])(O[2H])[C@]([2H])(O[2H])[C@@]2([2H])N([2H])S(=O)(=O)[O-])[C@@]([2H])(C(=O)[O-])O[C@@]([2H])(O[C@@]2([2H])[C@]([2H])(OS(=O)(=O)[O-])[C@@]([2H])(N([2H])S(=O)(=O)[O-])[C@@]([2H])(O[C@@]3([2H])[C@]([2H])(O[2H])[C@@]([2H])(OS(=O)(=O)[O-])[C@]([2H])(O[C@@]4([2H])[C@]([2H])(O[2H])[C@@]([2H])(N([2H])S(=O)(=O)[O-])[C@@]([2H])(OC([2H])([2H])[2H])O[C@]4([2H])C([2H])([2H])OS(=O)(=O)[O-])O[C@@]3([2H])C(=O)[O-])O[C@]2([2H])C([2H])([2H])OS(=O)(=O)[O-])[C@@]1([2H])O[2H].[Na+].[Na+].[Na+].[Na+].[Na+].[Na+].[Na+].[Na+].[Na+].[Na+]. The van der Waals surface area contributed by atoms with E-state index in [-0.39, 0.29) is 296 Å². The molecule has 70 heteroatoms. The quantitative estimate of drug-likeness (QED) is 0.0160. The van der Waals surface area contributed by atoms with Gasteiger partial charge in [-0.3, -0.25) is 20.9 Å². The van der Waals surface area contributed by atoms with E-state index in [2.05, 4.69) is 98.9 Å². The summed E-state index contributed by atoms with van der Waals surface area (Å²) >= 11 is 0. The number of rotatable bonds is 36. The molecule has 0 aromatic rings. The number of ether oxygens (including phenoxy) is 10. The van der Waals surface area contributed by atoms with Gasteiger partial charge in [0, 0.05) is 7.04 Å². The molecule has 0 aromatic carbocycles. The van der Waals surface area contributed by atoms with Crippen molar-refractivity contribution in [2.45, 2.75) is 153 Å². The van der Waals surface area contributed by atoms with E-state index in [1.54, 1.807) is 0 Å². The number of carboxylic acid groups (broad SMARTS) is 2. The fraction of sp³-hybridized carbons (Fsp3) is 0.935. The van der Waals surface area contributed by atoms with Gasteiger partial charge in [-0.05, 0) is 0 Å². The number of hydrogen-bond acceptors (Lipinski definition) is 49. The molecule has 0 bridgehead atoms. The summed E-state index contributed by atoms with van der Waals surface area (Å²) in [6, 6.07) is -20.3. The molecule has 101 heavy (non-hydrogen) atoms. The number of nitrogens with one attached hydrogen (secondary N) is 3. The number of aliphatic carboxylic acids is 2. The summed E-state index contributed by atoms with van der Waals surface area (Å²) in [5.41, 5.74) is 0. The molecule has 0 amide bonds. The first kappa shape index (κ1) is 59.0. The van der Waals surface area contributed by atoms with Crippen molar-refractivity contribution in [1.29, 1.82) is 8.59 Å². The maximum Gasteiger partial charge on any atom is 1.00 e. The van der Waals surface area contributed by atoms with E-state index in [1.165, 1.54) is 0 Å². The first-order valence-corrected chi connectivity index (χ1v) is 30.2. The van der Waals surface area contributed by atoms with E-state index in [0.717, 1.165) is 0 Å². The molecular weight excluding hydrogens is 1680 g/mol. The fourth-order valence-corrected chi connectivity index (χ4v) is 7.57. The van der Waals surface area contributed by atoms with E-state index in [1.807, 2.05) is 0 Å². The molecule has 5 fully saturated rings. The van der Waals surface area contributed by atoms with E-state index < -0.39 is 288 Å². The molecule has 534 valence electrons. The van der Waals surface area contributed by atoms with Gasteiger partial charge < -0.3 is 134 Å². The van der Waals surface area contributed by atoms with Crippen molar-refractivity contribution in [3.63, 3.8) is 0 Å². The summed E-state index contributed by atoms with van der Waals surface area (Å²) in [7, 11) is -68.6. The van der Waals surface area contributed by atoms with E-state index in [9.17, 15) is 137 Å². The Morgan fingerprint density at radius 1 is 0.396 bits per heavy atom. The van der Waals surface area contributed by atoms with Crippen LogP contribution in [0.3, 0.4) is 0 Å². The van der Waals surface area contributed by atoms with Gasteiger partial charge in [0.2, 0.25) is 60.6 Å². The molecule has 0 aromatic heterocycles. The number of hydrogen-bond donors (Lipinski definition) is 9. The second kappa shape index (κ2) is 49.0. The van der Waals surface area contributed by atoms with Crippen LogP contribution in [0.5, 0.6) is 0 Å². The van der Waals surface area contributed by atoms with Crippen LogP contribution in [0.25, 0.3) is 0 Å². The maximum atomic E-state index is 14.0. The van der Waals surface area contributed by atoms with Gasteiger partial charge >= 0.3 is 296 Å². The Balaban J connectivity index is -0.00000476. The van der Waals surface area contributed by atoms with Crippen LogP contribution in [0.2, 0.25) is 4.24 Å². The first-order valence-electron chi connectivity index (χ1n) is 40.2. The average molecular weight is 1770 g/mol. The summed E-state index contributed by atoms with van der Waals surface area (Å²) in [6.45, 7) is -18.9. The Morgan fingerprint density at radius 2 is 0.733 bits per heavy atom. The van der Waals surface area contributed by atoms with Crippen molar-refractivity contribution in [3.8, 4) is 0 Å². The third-order valence-electron chi connectivity index (χ3n) is 7.98. The zero-order chi connectivity index (χ0) is 107. The average Bonchev–Trinajstić information content (AvgIpc) is 0.637. The molecule has 5 aliphatic rings. The van der Waals surface area contributed by atoms with Gasteiger partial charge in [0.15, 0.2) is 68.3 Å². The second-order valence-electron chi connectivity index (χ2n) is 14.0. The Hall–Kier alpha value is 7.26. The number of carboxylic acids is 2. The van der Waals surface area contributed by atoms with Gasteiger partial charge in [-0.15, -0.1) is 0 Å². The van der Waals surface area contributed by atoms with Crippen molar-refractivity contribution >= 4 is 94.8 Å². The van der Waals surface area contributed by atoms with Crippen LogP contribution in [0.15, 0.2) is 0 Å². The van der Waals surface area contributed by atoms with Crippen LogP contribution in [-0.4, -0.2) is 334 Å². The number of carbonyl (C=O) groups excluding carboxylic acids is 2. The number of aliphatic hydroxyl groups is 6. The standard InChI is InChI=1S/C31H53N3O49S8.10Na/c1-69-27-9(33-85(48,49)50)13(37)17(6(74-27)3-71-88(57,58)59)76-31-22(83-91(66,67)68)16(40)21(24(81-31)26(43)44)79-29-10(34-86(51,52)53)19(82-90(63,64)65)18(7(75-29)4-72-89(60,61)62)77-30-15(39)14(38)20(23(80-30)25(41)42)78-28-8(32-84(45,46)47)12(36)11(35)5(73-28)2-70-87(54,55)56;;;;;;;;;;/h5-24,27-40H,2-4H2,1H3,(H,41,42)(H,43,44)(H,45,46,47)(H,48,49,50)(H,51,52,53)(H,54,55,56)(H,57,58,59)(H,60,61,62)(H,63,64,65)(H,66,67,68);;;;;;;;;;/q;10*+1/p-10/t5-,6-,7-,8-,9-,10-,11-,12-,13-,14-,15+,16+,17-,18-,19-,20+,21+,22-,23+,24-,27+,28-,29-,30-,31-;;;;;;;;;;/m1........../s1/i1D3,2D2,3D2,4D2,5D,6D,7D,8D,9D,10D,11D,12D,13D,14D,15D,16D,17D,18D,19D,20D,21D,22D,23D,24D,27D,28D,29D,30D,31D,35D,36D,37D,38D,39D,40D;;;;;;;;;;/hD3. The summed E-state index contributed by atoms with van der Waals surface area (Å²) in [4.78, 5) is 27.9. The van der Waals surface area contributed by atoms with Crippen molar-refractivity contribution in [1.82, 2.24) is 14.1 Å². The van der Waals surface area contributed by atoms with E-state index >= 15 is 0 Å². The predicted octanol–water partition coefficient (Wildman–Crippen LogP) is -49.1. The monoisotopic (exact) mass is 1770 g/mol. The molecule has 25 atom stereocenters. The molecule has 5 saturated heterocycles. The van der Waals surface area contributed by atoms with Gasteiger partial charge in [-0.1, -0.05) is 0 Å². The molecule has 5 rings (SSSR count). The van der Waals surface area contributed by atoms with Crippen LogP contribution in [0, 0.1) is 0 Å². The van der Waals surface area contributed by atoms with Crippen LogP contribution in [-0.2, 0) is 161 Å². The van der Waals surface area contributed by atoms with Crippen molar-refractivity contribution in [2.75, 3.05) is 26.7 Å². The normalized spacial score (nSPS) is 59.8. The molecule has 0 unspecified atom stereocenters. The van der Waals surface area contributed by atoms with Crippen LogP contribution in [0.4, 0.5) is 0 Å². The van der Waals surface area contributed by atoms with Gasteiger partial charge in [-0.2, -0.15) is 0 Å². The summed E-state index contributed by atoms with van der Waals surface area (Å²) in [5, 5.41) is 49.4. The third-order valence-corrected chi connectivity index (χ3v) is 10.8. The summed E-state index contributed by atoms with van der Waals surface area (Å²) in [6.07, 6.45) is -151. The predicted molar refractivity (Wildman–Crippen MR) is 242 cm³/mol. The largest absolute Gasteiger partial charge is 1.00 e. The zero-order valence-corrected chi connectivity index (χ0v) is 76.6. The van der Waals surface area contributed by atoms with Gasteiger partial charge in [0.1, 0.15) is 120 Å². The Kier molecular flexibility index (Phi) is 28.6. The smallest absolute Gasteiger partial charge is 0.735 e. The minimum Gasteiger partial charge on any atom is -0.735 e. The first-order chi connectivity index (χ1) is 58.1. The molecule has 5 aliphatic heterocycles. The van der Waals surface area contributed by atoms with Gasteiger partial charge in [0.25, 0.3) is 0 Å². The topological polar surface area (TPSA) is 834 Å².